The van der Waals surface area contributed by atoms with Crippen molar-refractivity contribution in [1.82, 2.24) is 0 Å². The van der Waals surface area contributed by atoms with E-state index in [-0.39, 0.29) is 0 Å². The van der Waals surface area contributed by atoms with Crippen molar-refractivity contribution < 1.29 is 4.58 Å². The maximum Gasteiger partial charge on any atom is 0.205 e. The first-order chi connectivity index (χ1) is 19.7. The fourth-order valence-electron chi connectivity index (χ4n) is 5.24. The van der Waals surface area contributed by atoms with Gasteiger partial charge in [0.05, 0.1) is 0 Å². The van der Waals surface area contributed by atoms with Gasteiger partial charge in [0.1, 0.15) is 6.54 Å². The van der Waals surface area contributed by atoms with E-state index in [9.17, 15) is 0 Å². The van der Waals surface area contributed by atoms with E-state index in [0.717, 1.165) is 53.2 Å². The fourth-order valence-corrected chi connectivity index (χ4v) is 5.47. The first kappa shape index (κ1) is 27.4. The zero-order valence-electron chi connectivity index (χ0n) is 23.3. The third kappa shape index (κ3) is 6.19. The van der Waals surface area contributed by atoms with E-state index in [4.69, 9.17) is 11.6 Å². The number of benzene rings is 4. The van der Waals surface area contributed by atoms with Gasteiger partial charge >= 0.3 is 0 Å². The Morgan fingerprint density at radius 2 is 1.25 bits per heavy atom. The second kappa shape index (κ2) is 13.3. The van der Waals surface area contributed by atoms with Gasteiger partial charge in [-0.05, 0) is 65.6 Å². The van der Waals surface area contributed by atoms with E-state index in [1.165, 1.54) is 22.8 Å². The number of nitrogens with zero attached hydrogens (tertiary/aromatic N) is 2. The van der Waals surface area contributed by atoms with Crippen molar-refractivity contribution in [3.63, 3.8) is 0 Å². The van der Waals surface area contributed by atoms with Crippen LogP contribution in [0.4, 0.5) is 17.1 Å². The van der Waals surface area contributed by atoms with E-state index >= 15 is 0 Å². The Labute approximate surface area is 243 Å². The number of anilines is 2. The molecule has 3 heteroatoms. The van der Waals surface area contributed by atoms with Crippen molar-refractivity contribution in [2.75, 3.05) is 18.0 Å². The molecular weight excluding hydrogens is 508 g/mol. The topological polar surface area (TPSA) is 6.25 Å². The summed E-state index contributed by atoms with van der Waals surface area (Å²) < 4.78 is 2.37. The van der Waals surface area contributed by atoms with Crippen LogP contribution in [0.25, 0.3) is 5.57 Å². The van der Waals surface area contributed by atoms with Crippen LogP contribution in [0.3, 0.4) is 0 Å². The molecule has 1 aliphatic rings. The van der Waals surface area contributed by atoms with Gasteiger partial charge in [-0.15, -0.1) is 0 Å². The van der Waals surface area contributed by atoms with Gasteiger partial charge in [-0.25, -0.2) is 0 Å². The molecule has 0 spiro atoms. The summed E-state index contributed by atoms with van der Waals surface area (Å²) in [6.45, 7) is 6.36. The van der Waals surface area contributed by atoms with E-state index in [1.807, 2.05) is 12.1 Å². The van der Waals surface area contributed by atoms with Crippen LogP contribution in [-0.2, 0) is 0 Å². The number of rotatable bonds is 9. The molecule has 0 amide bonds. The molecule has 4 aromatic carbocycles. The minimum atomic E-state index is 0.749. The molecule has 0 radical (unpaired) electrons. The standard InChI is InChI=1S/C37H36ClN2/c1-3-27-39(31-13-7-5-8-14-31)33-23-19-29(20-24-33)37(35-17-11-12-18-36(35)38)30-21-25-34(26-22-30)40(28-4-2)32-15-9-6-10-16-32/h5-26H,3-4,27-28H2,1-2H3/q+1. The second-order valence-electron chi connectivity index (χ2n) is 9.92. The predicted molar refractivity (Wildman–Crippen MR) is 172 cm³/mol. The molecular formula is C37H36ClN2+. The van der Waals surface area contributed by atoms with Gasteiger partial charge in [-0.1, -0.05) is 92.2 Å². The molecule has 4 aromatic rings. The van der Waals surface area contributed by atoms with Crippen molar-refractivity contribution in [2.45, 2.75) is 26.7 Å². The highest BCUT2D eigenvalue weighted by atomic mass is 35.5. The van der Waals surface area contributed by atoms with Crippen LogP contribution in [0.1, 0.15) is 37.8 Å². The van der Waals surface area contributed by atoms with Crippen LogP contribution in [0.15, 0.2) is 139 Å². The molecule has 0 N–H and O–H groups in total. The molecule has 0 unspecified atom stereocenters. The van der Waals surface area contributed by atoms with E-state index in [2.05, 4.69) is 145 Å². The van der Waals surface area contributed by atoms with Crippen LogP contribution in [0.2, 0.25) is 5.02 Å². The Morgan fingerprint density at radius 1 is 0.650 bits per heavy atom. The SMILES string of the molecule is CCCN(c1ccccc1)c1ccc(C(=C2C=CC(=[N+](CCC)c3ccccc3)C=C2)c2ccccc2Cl)cc1. The summed E-state index contributed by atoms with van der Waals surface area (Å²) in [6.07, 6.45) is 11.0. The van der Waals surface area contributed by atoms with Crippen LogP contribution in [0, 0.1) is 0 Å². The number of hydrogen-bond donors (Lipinski definition) is 0. The van der Waals surface area contributed by atoms with E-state index in [0.29, 0.717) is 0 Å². The monoisotopic (exact) mass is 543 g/mol. The van der Waals surface area contributed by atoms with Crippen molar-refractivity contribution in [3.05, 3.63) is 155 Å². The highest BCUT2D eigenvalue weighted by Crippen LogP contribution is 2.35. The van der Waals surface area contributed by atoms with Gasteiger partial charge in [0.2, 0.25) is 11.4 Å². The summed E-state index contributed by atoms with van der Waals surface area (Å²) >= 11 is 6.79. The highest BCUT2D eigenvalue weighted by Gasteiger charge is 2.18. The molecule has 200 valence electrons. The molecule has 0 bridgehead atoms. The molecule has 5 rings (SSSR count). The molecule has 0 aliphatic heterocycles. The van der Waals surface area contributed by atoms with Crippen molar-refractivity contribution in [1.29, 1.82) is 0 Å². The van der Waals surface area contributed by atoms with Gasteiger partial charge in [0.15, 0.2) is 0 Å². The lowest BCUT2D eigenvalue weighted by Gasteiger charge is -2.25. The summed E-state index contributed by atoms with van der Waals surface area (Å²) in [7, 11) is 0. The Hall–Kier alpha value is -4.14. The maximum atomic E-state index is 6.79. The molecule has 2 nitrogen and oxygen atoms in total. The van der Waals surface area contributed by atoms with Gasteiger partial charge in [-0.3, -0.25) is 0 Å². The summed E-state index contributed by atoms with van der Waals surface area (Å²) in [6, 6.07) is 38.2. The lowest BCUT2D eigenvalue weighted by molar-refractivity contribution is -0.439. The number of allylic oxidation sites excluding steroid dienone is 5. The van der Waals surface area contributed by atoms with Crippen molar-refractivity contribution >= 4 is 39.9 Å². The second-order valence-corrected chi connectivity index (χ2v) is 10.3. The minimum absolute atomic E-state index is 0.749. The highest BCUT2D eigenvalue weighted by molar-refractivity contribution is 6.32. The number of hydrogen-bond acceptors (Lipinski definition) is 1. The average molecular weight is 544 g/mol. The zero-order chi connectivity index (χ0) is 27.7. The fraction of sp³-hybridized carbons (Fsp3) is 0.162. The normalized spacial score (nSPS) is 12.5. The predicted octanol–water partition coefficient (Wildman–Crippen LogP) is 10.0. The van der Waals surface area contributed by atoms with E-state index < -0.39 is 0 Å². The molecule has 40 heavy (non-hydrogen) atoms. The summed E-state index contributed by atoms with van der Waals surface area (Å²) in [4.78, 5) is 2.37. The number of halogens is 1. The van der Waals surface area contributed by atoms with Crippen LogP contribution in [0.5, 0.6) is 0 Å². The third-order valence-corrected chi connectivity index (χ3v) is 7.44. The Balaban J connectivity index is 1.57. The summed E-state index contributed by atoms with van der Waals surface area (Å²) in [5.41, 5.74) is 9.23. The molecule has 0 saturated carbocycles. The average Bonchev–Trinajstić information content (AvgIpc) is 3.01. The first-order valence-corrected chi connectivity index (χ1v) is 14.5. The minimum Gasteiger partial charge on any atom is -0.342 e. The van der Waals surface area contributed by atoms with Crippen LogP contribution in [-0.4, -0.2) is 23.4 Å². The lowest BCUT2D eigenvalue weighted by atomic mass is 9.90. The molecule has 0 heterocycles. The van der Waals surface area contributed by atoms with Gasteiger partial charge in [-0.2, -0.15) is 4.58 Å². The smallest absolute Gasteiger partial charge is 0.205 e. The Kier molecular flexibility index (Phi) is 9.11. The Bertz CT molecular complexity index is 1530. The number of para-hydroxylation sites is 2. The summed E-state index contributed by atoms with van der Waals surface area (Å²) in [5.74, 6) is 0. The Morgan fingerprint density at radius 3 is 1.88 bits per heavy atom. The largest absolute Gasteiger partial charge is 0.342 e. The lowest BCUT2D eigenvalue weighted by Crippen LogP contribution is -2.17. The third-order valence-electron chi connectivity index (χ3n) is 7.11. The molecule has 0 fully saturated rings. The quantitative estimate of drug-likeness (QED) is 0.190. The molecule has 0 aromatic heterocycles. The van der Waals surface area contributed by atoms with Gasteiger partial charge in [0.25, 0.3) is 0 Å². The van der Waals surface area contributed by atoms with Gasteiger partial charge < -0.3 is 4.90 Å². The summed E-state index contributed by atoms with van der Waals surface area (Å²) in [5, 5.41) is 0.749. The maximum absolute atomic E-state index is 6.79. The van der Waals surface area contributed by atoms with E-state index in [1.54, 1.807) is 0 Å². The van der Waals surface area contributed by atoms with Crippen LogP contribution >= 0.6 is 11.6 Å². The molecule has 1 aliphatic carbocycles. The first-order valence-electron chi connectivity index (χ1n) is 14.2. The van der Waals surface area contributed by atoms with Crippen molar-refractivity contribution in [3.8, 4) is 0 Å². The van der Waals surface area contributed by atoms with Crippen LogP contribution < -0.4 is 4.90 Å². The molecule has 0 atom stereocenters. The zero-order valence-corrected chi connectivity index (χ0v) is 24.1. The van der Waals surface area contributed by atoms with Crippen molar-refractivity contribution in [2.24, 2.45) is 0 Å². The molecule has 0 saturated heterocycles. The van der Waals surface area contributed by atoms with Gasteiger partial charge in [0, 0.05) is 59.2 Å².